The van der Waals surface area contributed by atoms with Gasteiger partial charge in [0.05, 0.1) is 30.3 Å². The summed E-state index contributed by atoms with van der Waals surface area (Å²) < 4.78 is 19.5. The van der Waals surface area contributed by atoms with E-state index in [1.54, 1.807) is 28.8 Å². The van der Waals surface area contributed by atoms with Gasteiger partial charge in [0.2, 0.25) is 5.91 Å². The first kappa shape index (κ1) is 15.7. The minimum Gasteiger partial charge on any atom is -0.442 e. The van der Waals surface area contributed by atoms with E-state index in [1.807, 2.05) is 11.6 Å². The molecule has 0 aliphatic carbocycles. The Morgan fingerprint density at radius 2 is 2.35 bits per heavy atom. The fourth-order valence-corrected chi connectivity index (χ4v) is 3.13. The monoisotopic (exact) mass is 337 g/mol. The van der Waals surface area contributed by atoms with E-state index in [-0.39, 0.29) is 19.0 Å². The summed E-state index contributed by atoms with van der Waals surface area (Å²) in [6.45, 7) is 1.92. The largest absolute Gasteiger partial charge is 0.442 e. The van der Waals surface area contributed by atoms with E-state index in [0.717, 1.165) is 0 Å². The summed E-state index contributed by atoms with van der Waals surface area (Å²) in [6.07, 6.45) is 0.840. The Hall–Kier alpha value is -2.22. The van der Waals surface area contributed by atoms with Gasteiger partial charge in [-0.2, -0.15) is 0 Å². The molecule has 0 spiro atoms. The average Bonchev–Trinajstić information content (AvgIpc) is 3.14. The molecule has 1 unspecified atom stereocenters. The van der Waals surface area contributed by atoms with Crippen molar-refractivity contribution in [3.63, 3.8) is 0 Å². The maximum absolute atomic E-state index is 14.3. The third-order valence-corrected chi connectivity index (χ3v) is 4.30. The molecule has 2 aliphatic heterocycles. The predicted molar refractivity (Wildman–Crippen MR) is 86.8 cm³/mol. The topological polar surface area (TPSA) is 61.9 Å². The highest BCUT2D eigenvalue weighted by atomic mass is 32.2. The molecule has 2 heterocycles. The number of cyclic esters (lactones) is 1. The Kier molecular flexibility index (Phi) is 4.42. The standard InChI is InChI=1S/C15H16FN3O3S/c1-10(20)17-7-12-8-19(15(21)22-12)11-2-3-14(13(16)6-11)18-4-5-23-9-18/h2-6,12H,7-9H2,1H3,(H,17,20). The summed E-state index contributed by atoms with van der Waals surface area (Å²) in [4.78, 5) is 26.0. The molecule has 0 saturated carbocycles. The molecule has 1 aromatic rings. The summed E-state index contributed by atoms with van der Waals surface area (Å²) in [6, 6.07) is 4.67. The minimum atomic E-state index is -0.538. The maximum Gasteiger partial charge on any atom is 0.414 e. The van der Waals surface area contributed by atoms with E-state index in [2.05, 4.69) is 5.32 Å². The zero-order valence-electron chi connectivity index (χ0n) is 12.5. The van der Waals surface area contributed by atoms with E-state index in [9.17, 15) is 14.0 Å². The molecule has 1 fully saturated rings. The van der Waals surface area contributed by atoms with Crippen LogP contribution in [0.4, 0.5) is 20.6 Å². The Labute approximate surface area is 137 Å². The number of carbonyl (C=O) groups excluding carboxylic acids is 2. The van der Waals surface area contributed by atoms with Gasteiger partial charge < -0.3 is 15.0 Å². The molecule has 1 N–H and O–H groups in total. The van der Waals surface area contributed by atoms with Crippen LogP contribution in [0.2, 0.25) is 0 Å². The SMILES string of the molecule is CC(=O)NCC1CN(c2ccc(N3C=CSC3)c(F)c2)C(=O)O1. The number of rotatable bonds is 4. The summed E-state index contributed by atoms with van der Waals surface area (Å²) in [5.74, 6) is 0.0834. The molecular formula is C15H16FN3O3S. The number of amides is 2. The first-order valence-corrected chi connectivity index (χ1v) is 8.16. The number of nitrogens with zero attached hydrogens (tertiary/aromatic N) is 2. The van der Waals surface area contributed by atoms with Crippen molar-refractivity contribution in [1.29, 1.82) is 0 Å². The number of anilines is 2. The summed E-state index contributed by atoms with van der Waals surface area (Å²) in [5.41, 5.74) is 0.912. The molecule has 8 heteroatoms. The van der Waals surface area contributed by atoms with Crippen LogP contribution in [0.25, 0.3) is 0 Å². The molecule has 0 aromatic heterocycles. The lowest BCUT2D eigenvalue weighted by atomic mass is 10.2. The number of hydrogen-bond donors (Lipinski definition) is 1. The number of nitrogens with one attached hydrogen (secondary N) is 1. The van der Waals surface area contributed by atoms with Crippen molar-refractivity contribution in [3.05, 3.63) is 35.6 Å². The van der Waals surface area contributed by atoms with Crippen LogP contribution < -0.4 is 15.1 Å². The molecule has 1 saturated heterocycles. The van der Waals surface area contributed by atoms with E-state index in [1.165, 1.54) is 17.9 Å². The lowest BCUT2D eigenvalue weighted by Crippen LogP contribution is -2.33. The Morgan fingerprint density at radius 1 is 1.52 bits per heavy atom. The lowest BCUT2D eigenvalue weighted by Gasteiger charge is -2.18. The first-order chi connectivity index (χ1) is 11.0. The van der Waals surface area contributed by atoms with Gasteiger partial charge in [-0.25, -0.2) is 9.18 Å². The second-order valence-corrected chi connectivity index (χ2v) is 6.10. The van der Waals surface area contributed by atoms with E-state index < -0.39 is 18.0 Å². The van der Waals surface area contributed by atoms with Crippen LogP contribution in [0.3, 0.4) is 0 Å². The fourth-order valence-electron chi connectivity index (χ4n) is 2.43. The normalized spacial score (nSPS) is 20.1. The zero-order valence-corrected chi connectivity index (χ0v) is 13.3. The van der Waals surface area contributed by atoms with Gasteiger partial charge in [0, 0.05) is 13.1 Å². The second-order valence-electron chi connectivity index (χ2n) is 5.24. The van der Waals surface area contributed by atoms with Gasteiger partial charge >= 0.3 is 6.09 Å². The summed E-state index contributed by atoms with van der Waals surface area (Å²) >= 11 is 1.58. The lowest BCUT2D eigenvalue weighted by molar-refractivity contribution is -0.119. The van der Waals surface area contributed by atoms with Gasteiger partial charge in [-0.05, 0) is 23.6 Å². The van der Waals surface area contributed by atoms with E-state index >= 15 is 0 Å². The molecule has 1 atom stereocenters. The maximum atomic E-state index is 14.3. The third-order valence-electron chi connectivity index (χ3n) is 3.56. The average molecular weight is 337 g/mol. The second kappa shape index (κ2) is 6.49. The van der Waals surface area contributed by atoms with Crippen LogP contribution in [0.1, 0.15) is 6.92 Å². The van der Waals surface area contributed by atoms with Gasteiger partial charge in [-0.3, -0.25) is 9.69 Å². The quantitative estimate of drug-likeness (QED) is 0.913. The number of halogens is 1. The van der Waals surface area contributed by atoms with Crippen LogP contribution in [0.15, 0.2) is 29.8 Å². The van der Waals surface area contributed by atoms with Gasteiger partial charge in [0.15, 0.2) is 0 Å². The van der Waals surface area contributed by atoms with Crippen molar-refractivity contribution in [2.45, 2.75) is 13.0 Å². The van der Waals surface area contributed by atoms with Crippen LogP contribution in [0.5, 0.6) is 0 Å². The minimum absolute atomic E-state index is 0.188. The van der Waals surface area contributed by atoms with Crippen LogP contribution >= 0.6 is 11.8 Å². The van der Waals surface area contributed by atoms with Crippen molar-refractivity contribution in [2.24, 2.45) is 0 Å². The Morgan fingerprint density at radius 3 is 3.00 bits per heavy atom. The molecule has 0 bridgehead atoms. The molecule has 122 valence electrons. The number of benzene rings is 1. The van der Waals surface area contributed by atoms with Crippen molar-refractivity contribution in [3.8, 4) is 0 Å². The van der Waals surface area contributed by atoms with Gasteiger partial charge in [0.1, 0.15) is 11.9 Å². The van der Waals surface area contributed by atoms with Gasteiger partial charge in [-0.1, -0.05) is 0 Å². The highest BCUT2D eigenvalue weighted by Crippen LogP contribution is 2.30. The number of carbonyl (C=O) groups is 2. The molecule has 2 amide bonds. The summed E-state index contributed by atoms with van der Waals surface area (Å²) in [5, 5.41) is 4.50. The van der Waals surface area contributed by atoms with Crippen molar-refractivity contribution >= 4 is 35.1 Å². The molecular weight excluding hydrogens is 321 g/mol. The molecule has 0 radical (unpaired) electrons. The first-order valence-electron chi connectivity index (χ1n) is 7.11. The number of ether oxygens (including phenoxy) is 1. The molecule has 2 aliphatic rings. The predicted octanol–water partition coefficient (Wildman–Crippen LogP) is 2.27. The van der Waals surface area contributed by atoms with E-state index in [4.69, 9.17) is 4.74 Å². The van der Waals surface area contributed by atoms with Crippen LogP contribution in [-0.4, -0.2) is 37.1 Å². The van der Waals surface area contributed by atoms with Gasteiger partial charge in [0.25, 0.3) is 0 Å². The van der Waals surface area contributed by atoms with Crippen molar-refractivity contribution in [2.75, 3.05) is 28.8 Å². The van der Waals surface area contributed by atoms with Crippen LogP contribution in [-0.2, 0) is 9.53 Å². The fraction of sp³-hybridized carbons (Fsp3) is 0.333. The Bertz CT molecular complexity index is 667. The molecule has 1 aromatic carbocycles. The van der Waals surface area contributed by atoms with E-state index in [0.29, 0.717) is 17.3 Å². The Balaban J connectivity index is 1.71. The molecule has 23 heavy (non-hydrogen) atoms. The number of hydrogen-bond acceptors (Lipinski definition) is 5. The highest BCUT2D eigenvalue weighted by molar-refractivity contribution is 8.02. The molecule has 3 rings (SSSR count). The highest BCUT2D eigenvalue weighted by Gasteiger charge is 2.32. The van der Waals surface area contributed by atoms with Crippen molar-refractivity contribution < 1.29 is 18.7 Å². The summed E-state index contributed by atoms with van der Waals surface area (Å²) in [7, 11) is 0. The third kappa shape index (κ3) is 3.42. The zero-order chi connectivity index (χ0) is 16.4. The number of thioether (sulfide) groups is 1. The smallest absolute Gasteiger partial charge is 0.414 e. The van der Waals surface area contributed by atoms with Gasteiger partial charge in [-0.15, -0.1) is 11.8 Å². The van der Waals surface area contributed by atoms with Crippen LogP contribution in [0, 0.1) is 5.82 Å². The molecule has 6 nitrogen and oxygen atoms in total. The van der Waals surface area contributed by atoms with Crippen molar-refractivity contribution in [1.82, 2.24) is 5.32 Å².